The van der Waals surface area contributed by atoms with Crippen molar-refractivity contribution in [1.29, 1.82) is 5.26 Å². The third kappa shape index (κ3) is 2.83. The lowest BCUT2D eigenvalue weighted by atomic mass is 9.83. The van der Waals surface area contributed by atoms with E-state index >= 15 is 0 Å². The molecule has 0 saturated heterocycles. The number of allylic oxidation sites excluding steroid dienone is 2. The minimum Gasteiger partial charge on any atom is -0.494 e. The van der Waals surface area contributed by atoms with Gasteiger partial charge in [-0.3, -0.25) is 4.98 Å². The number of carbonyl (C=O) groups is 1. The number of hydrogen-bond donors (Lipinski definition) is 2. The monoisotopic (exact) mass is 297 g/mol. The zero-order chi connectivity index (χ0) is 16.1. The number of dihydropyridines is 1. The number of nitrogens with zero attached hydrogens (tertiary/aromatic N) is 2. The van der Waals surface area contributed by atoms with Crippen molar-refractivity contribution >= 4 is 5.97 Å². The molecule has 0 saturated carbocycles. The lowest BCUT2D eigenvalue weighted by Crippen LogP contribution is -2.29. The molecule has 0 fully saturated rings. The maximum absolute atomic E-state index is 12.3. The van der Waals surface area contributed by atoms with Crippen molar-refractivity contribution in [3.05, 3.63) is 65.5 Å². The number of hydrogen-bond acceptors (Lipinski definition) is 6. The Bertz CT molecular complexity index is 699. The minimum absolute atomic E-state index is 0.0455. The van der Waals surface area contributed by atoms with Crippen LogP contribution in [0.2, 0.25) is 0 Å². The number of aliphatic hydroxyl groups excluding tert-OH is 1. The molecular formula is C16H15N3O3. The van der Waals surface area contributed by atoms with E-state index in [1.807, 2.05) is 6.07 Å². The smallest absolute Gasteiger partial charge is 0.337 e. The van der Waals surface area contributed by atoms with Crippen molar-refractivity contribution in [2.45, 2.75) is 12.8 Å². The molecule has 1 aromatic heterocycles. The molecule has 0 radical (unpaired) electrons. The van der Waals surface area contributed by atoms with Gasteiger partial charge in [0.1, 0.15) is 18.2 Å². The van der Waals surface area contributed by atoms with E-state index in [2.05, 4.69) is 16.9 Å². The quantitative estimate of drug-likeness (QED) is 0.652. The van der Waals surface area contributed by atoms with Crippen LogP contribution in [-0.2, 0) is 9.53 Å². The number of rotatable bonds is 4. The minimum atomic E-state index is -0.725. The van der Waals surface area contributed by atoms with Gasteiger partial charge in [-0.1, -0.05) is 18.7 Å². The van der Waals surface area contributed by atoms with Crippen LogP contribution in [0.5, 0.6) is 0 Å². The molecular weight excluding hydrogens is 282 g/mol. The highest BCUT2D eigenvalue weighted by Crippen LogP contribution is 2.37. The molecule has 2 N–H and O–H groups in total. The third-order valence-corrected chi connectivity index (χ3v) is 3.23. The third-order valence-electron chi connectivity index (χ3n) is 3.23. The number of carbonyl (C=O) groups excluding carboxylic acids is 1. The Morgan fingerprint density at radius 2 is 2.45 bits per heavy atom. The van der Waals surface area contributed by atoms with Crippen LogP contribution < -0.4 is 5.32 Å². The van der Waals surface area contributed by atoms with Crippen molar-refractivity contribution < 1.29 is 14.6 Å². The van der Waals surface area contributed by atoms with Gasteiger partial charge in [0.05, 0.1) is 11.5 Å². The van der Waals surface area contributed by atoms with Gasteiger partial charge < -0.3 is 15.2 Å². The zero-order valence-corrected chi connectivity index (χ0v) is 12.0. The number of aromatic nitrogens is 1. The van der Waals surface area contributed by atoms with Crippen LogP contribution in [0.1, 0.15) is 18.4 Å². The number of pyridine rings is 1. The summed E-state index contributed by atoms with van der Waals surface area (Å²) >= 11 is 0. The summed E-state index contributed by atoms with van der Waals surface area (Å²) in [5.74, 6) is -1.56. The van der Waals surface area contributed by atoms with Gasteiger partial charge in [0.25, 0.3) is 0 Å². The Morgan fingerprint density at radius 1 is 1.68 bits per heavy atom. The molecule has 0 unspecified atom stereocenters. The van der Waals surface area contributed by atoms with Gasteiger partial charge >= 0.3 is 5.97 Å². The second kappa shape index (κ2) is 6.59. The summed E-state index contributed by atoms with van der Waals surface area (Å²) in [6.45, 7) is 5.20. The number of nitriles is 1. The highest BCUT2D eigenvalue weighted by molar-refractivity contribution is 5.93. The first-order chi connectivity index (χ1) is 10.6. The van der Waals surface area contributed by atoms with Crippen LogP contribution in [0.3, 0.4) is 0 Å². The Balaban J connectivity index is 2.53. The maximum atomic E-state index is 12.3. The Morgan fingerprint density at radius 3 is 3.05 bits per heavy atom. The number of nitrogens with one attached hydrogen (secondary N) is 1. The molecule has 1 aliphatic heterocycles. The van der Waals surface area contributed by atoms with Crippen LogP contribution in [0.15, 0.2) is 59.9 Å². The van der Waals surface area contributed by atoms with Gasteiger partial charge in [0.15, 0.2) is 0 Å². The van der Waals surface area contributed by atoms with Gasteiger partial charge in [-0.05, 0) is 18.6 Å². The second-order valence-corrected chi connectivity index (χ2v) is 4.64. The van der Waals surface area contributed by atoms with Crippen LogP contribution >= 0.6 is 0 Å². The predicted molar refractivity (Wildman–Crippen MR) is 79.2 cm³/mol. The fourth-order valence-electron chi connectivity index (χ4n) is 2.29. The van der Waals surface area contributed by atoms with Crippen molar-refractivity contribution in [2.75, 3.05) is 6.61 Å². The van der Waals surface area contributed by atoms with Crippen LogP contribution in [-0.4, -0.2) is 22.7 Å². The molecule has 6 nitrogen and oxygen atoms in total. The first-order valence-electron chi connectivity index (χ1n) is 6.59. The van der Waals surface area contributed by atoms with E-state index in [4.69, 9.17) is 4.74 Å². The molecule has 1 aliphatic rings. The molecule has 0 bridgehead atoms. The number of ether oxygens (including phenoxy) is 1. The average Bonchev–Trinajstić information content (AvgIpc) is 2.52. The molecule has 0 amide bonds. The van der Waals surface area contributed by atoms with E-state index in [1.54, 1.807) is 31.5 Å². The SMILES string of the molecule is C=CCOC(=O)C1=C(C)NC(O)=C(C#N)[C@H]1c1cccnc1. The van der Waals surface area contributed by atoms with E-state index in [-0.39, 0.29) is 23.6 Å². The Labute approximate surface area is 128 Å². The van der Waals surface area contributed by atoms with E-state index < -0.39 is 11.9 Å². The molecule has 112 valence electrons. The highest BCUT2D eigenvalue weighted by atomic mass is 16.5. The van der Waals surface area contributed by atoms with Crippen molar-refractivity contribution in [3.8, 4) is 6.07 Å². The summed E-state index contributed by atoms with van der Waals surface area (Å²) < 4.78 is 5.09. The zero-order valence-electron chi connectivity index (χ0n) is 12.0. The first-order valence-corrected chi connectivity index (χ1v) is 6.59. The van der Waals surface area contributed by atoms with E-state index in [1.165, 1.54) is 6.08 Å². The first kappa shape index (κ1) is 15.3. The summed E-state index contributed by atoms with van der Waals surface area (Å²) in [4.78, 5) is 16.3. The van der Waals surface area contributed by atoms with Gasteiger partial charge in [0, 0.05) is 18.1 Å². The maximum Gasteiger partial charge on any atom is 0.337 e. The molecule has 1 aromatic rings. The molecule has 2 heterocycles. The molecule has 0 spiro atoms. The van der Waals surface area contributed by atoms with Crippen LogP contribution in [0, 0.1) is 11.3 Å². The summed E-state index contributed by atoms with van der Waals surface area (Å²) in [7, 11) is 0. The lowest BCUT2D eigenvalue weighted by Gasteiger charge is -2.26. The van der Waals surface area contributed by atoms with Crippen molar-refractivity contribution in [3.63, 3.8) is 0 Å². The average molecular weight is 297 g/mol. The Kier molecular flexibility index (Phi) is 4.59. The topological polar surface area (TPSA) is 95.2 Å². The lowest BCUT2D eigenvalue weighted by molar-refractivity contribution is -0.138. The number of esters is 1. The van der Waals surface area contributed by atoms with Gasteiger partial charge in [-0.2, -0.15) is 5.26 Å². The Hall–Kier alpha value is -3.07. The van der Waals surface area contributed by atoms with Gasteiger partial charge in [-0.25, -0.2) is 4.79 Å². The highest BCUT2D eigenvalue weighted by Gasteiger charge is 2.35. The summed E-state index contributed by atoms with van der Waals surface area (Å²) in [5, 5.41) is 21.9. The van der Waals surface area contributed by atoms with Crippen LogP contribution in [0.4, 0.5) is 0 Å². The van der Waals surface area contributed by atoms with Crippen LogP contribution in [0.25, 0.3) is 0 Å². The van der Waals surface area contributed by atoms with Gasteiger partial charge in [0.2, 0.25) is 5.88 Å². The molecule has 2 rings (SSSR count). The molecule has 22 heavy (non-hydrogen) atoms. The van der Waals surface area contributed by atoms with E-state index in [0.717, 1.165) is 0 Å². The molecule has 0 aromatic carbocycles. The fraction of sp³-hybridized carbons (Fsp3) is 0.188. The largest absolute Gasteiger partial charge is 0.494 e. The van der Waals surface area contributed by atoms with Gasteiger partial charge in [-0.15, -0.1) is 0 Å². The standard InChI is InChI=1S/C16H15N3O3/c1-3-7-22-16(21)13-10(2)19-15(20)12(8-17)14(13)11-5-4-6-18-9-11/h3-6,9,14,19-20H,1,7H2,2H3/t14-/m1/s1. The summed E-state index contributed by atoms with van der Waals surface area (Å²) in [6.07, 6.45) is 4.60. The second-order valence-electron chi connectivity index (χ2n) is 4.64. The normalized spacial score (nSPS) is 17.5. The summed E-state index contributed by atoms with van der Waals surface area (Å²) in [6, 6.07) is 5.38. The fourth-order valence-corrected chi connectivity index (χ4v) is 2.29. The van der Waals surface area contributed by atoms with E-state index in [0.29, 0.717) is 11.3 Å². The van der Waals surface area contributed by atoms with Crippen molar-refractivity contribution in [1.82, 2.24) is 10.3 Å². The molecule has 1 atom stereocenters. The van der Waals surface area contributed by atoms with E-state index in [9.17, 15) is 15.2 Å². The molecule has 6 heteroatoms. The molecule has 0 aliphatic carbocycles. The number of aliphatic hydroxyl groups is 1. The summed E-state index contributed by atoms with van der Waals surface area (Å²) in [5.41, 5.74) is 1.37. The van der Waals surface area contributed by atoms with Crippen molar-refractivity contribution in [2.24, 2.45) is 0 Å². The predicted octanol–water partition coefficient (Wildman–Crippen LogP) is 2.06.